The highest BCUT2D eigenvalue weighted by Crippen LogP contribution is 2.19. The summed E-state index contributed by atoms with van der Waals surface area (Å²) in [5, 5.41) is 6.32. The number of nitrogens with zero attached hydrogens (tertiary/aromatic N) is 1. The number of benzene rings is 2. The van der Waals surface area contributed by atoms with Crippen molar-refractivity contribution in [3.63, 3.8) is 0 Å². The molecular formula is C17H20ClN3O. The molecule has 0 unspecified atom stereocenters. The molecule has 0 aromatic heterocycles. The monoisotopic (exact) mass is 317 g/mol. The molecule has 0 spiro atoms. The largest absolute Gasteiger partial charge is 0.378 e. The van der Waals surface area contributed by atoms with Crippen molar-refractivity contribution < 1.29 is 4.79 Å². The molecule has 0 fully saturated rings. The number of hydrogen-bond donors (Lipinski definition) is 2. The van der Waals surface area contributed by atoms with Crippen LogP contribution in [0, 0.1) is 6.92 Å². The molecule has 4 nitrogen and oxygen atoms in total. The summed E-state index contributed by atoms with van der Waals surface area (Å²) in [6.45, 7) is 2.38. The lowest BCUT2D eigenvalue weighted by molar-refractivity contribution is 0.251. The summed E-state index contributed by atoms with van der Waals surface area (Å²) in [6, 6.07) is 13.2. The highest BCUT2D eigenvalue weighted by Gasteiger charge is 2.05. The van der Waals surface area contributed by atoms with Crippen LogP contribution >= 0.6 is 11.6 Å². The zero-order valence-corrected chi connectivity index (χ0v) is 13.7. The maximum atomic E-state index is 11.9. The van der Waals surface area contributed by atoms with Crippen LogP contribution in [0.25, 0.3) is 0 Å². The first-order valence-electron chi connectivity index (χ1n) is 7.03. The van der Waals surface area contributed by atoms with Gasteiger partial charge >= 0.3 is 6.03 Å². The van der Waals surface area contributed by atoms with Gasteiger partial charge in [-0.3, -0.25) is 0 Å². The first-order valence-corrected chi connectivity index (χ1v) is 7.41. The number of aryl methyl sites for hydroxylation is 1. The Kier molecular flexibility index (Phi) is 5.28. The standard InChI is InChI=1S/C17H20ClN3O/c1-12-10-14(18)6-9-16(12)20-17(22)19-11-13-4-7-15(8-5-13)21(2)3/h4-10H,11H2,1-3H3,(H2,19,20,22). The second kappa shape index (κ2) is 7.18. The smallest absolute Gasteiger partial charge is 0.319 e. The molecule has 0 aliphatic rings. The van der Waals surface area contributed by atoms with Crippen molar-refractivity contribution in [2.75, 3.05) is 24.3 Å². The molecule has 22 heavy (non-hydrogen) atoms. The number of anilines is 2. The average Bonchev–Trinajstić information content (AvgIpc) is 2.48. The van der Waals surface area contributed by atoms with Crippen molar-refractivity contribution >= 4 is 29.0 Å². The zero-order valence-electron chi connectivity index (χ0n) is 13.0. The fourth-order valence-electron chi connectivity index (χ4n) is 2.03. The zero-order chi connectivity index (χ0) is 16.1. The van der Waals surface area contributed by atoms with Gasteiger partial charge < -0.3 is 15.5 Å². The van der Waals surface area contributed by atoms with E-state index in [1.54, 1.807) is 12.1 Å². The highest BCUT2D eigenvalue weighted by molar-refractivity contribution is 6.30. The predicted molar refractivity (Wildman–Crippen MR) is 92.8 cm³/mol. The van der Waals surface area contributed by atoms with Crippen LogP contribution in [0.4, 0.5) is 16.2 Å². The van der Waals surface area contributed by atoms with Crippen molar-refractivity contribution in [3.8, 4) is 0 Å². The summed E-state index contributed by atoms with van der Waals surface area (Å²) < 4.78 is 0. The van der Waals surface area contributed by atoms with E-state index in [4.69, 9.17) is 11.6 Å². The summed E-state index contributed by atoms with van der Waals surface area (Å²) in [4.78, 5) is 14.0. The van der Waals surface area contributed by atoms with Gasteiger partial charge in [-0.05, 0) is 48.4 Å². The molecule has 2 amide bonds. The van der Waals surface area contributed by atoms with E-state index in [9.17, 15) is 4.79 Å². The molecule has 0 aliphatic heterocycles. The Morgan fingerprint density at radius 1 is 1.14 bits per heavy atom. The molecule has 0 bridgehead atoms. The molecule has 2 rings (SSSR count). The number of urea groups is 1. The quantitative estimate of drug-likeness (QED) is 0.894. The third-order valence-corrected chi connectivity index (χ3v) is 3.58. The number of carbonyl (C=O) groups is 1. The summed E-state index contributed by atoms with van der Waals surface area (Å²) in [7, 11) is 3.99. The minimum absolute atomic E-state index is 0.234. The second-order valence-corrected chi connectivity index (χ2v) is 5.76. The van der Waals surface area contributed by atoms with Gasteiger partial charge in [-0.1, -0.05) is 23.7 Å². The van der Waals surface area contributed by atoms with E-state index in [1.807, 2.05) is 56.3 Å². The minimum atomic E-state index is -0.234. The van der Waals surface area contributed by atoms with Crippen LogP contribution in [0.5, 0.6) is 0 Å². The molecule has 5 heteroatoms. The summed E-state index contributed by atoms with van der Waals surface area (Å²) >= 11 is 5.90. The molecule has 2 N–H and O–H groups in total. The van der Waals surface area contributed by atoms with Crippen LogP contribution in [0.15, 0.2) is 42.5 Å². The van der Waals surface area contributed by atoms with Gasteiger partial charge in [0.1, 0.15) is 0 Å². The fourth-order valence-corrected chi connectivity index (χ4v) is 2.25. The van der Waals surface area contributed by atoms with E-state index in [1.165, 1.54) is 0 Å². The van der Waals surface area contributed by atoms with Gasteiger partial charge in [-0.25, -0.2) is 4.79 Å². The number of carbonyl (C=O) groups excluding carboxylic acids is 1. The van der Waals surface area contributed by atoms with Crippen molar-refractivity contribution in [3.05, 3.63) is 58.6 Å². The van der Waals surface area contributed by atoms with Gasteiger partial charge in [0.15, 0.2) is 0 Å². The van der Waals surface area contributed by atoms with E-state index in [0.717, 1.165) is 22.5 Å². The summed E-state index contributed by atoms with van der Waals surface area (Å²) in [5.41, 5.74) is 3.86. The van der Waals surface area contributed by atoms with Crippen molar-refractivity contribution in [2.24, 2.45) is 0 Å². The molecule has 0 saturated carbocycles. The number of rotatable bonds is 4. The Hall–Kier alpha value is -2.20. The summed E-state index contributed by atoms with van der Waals surface area (Å²) in [5.74, 6) is 0. The molecule has 116 valence electrons. The van der Waals surface area contributed by atoms with Gasteiger partial charge in [0, 0.05) is 37.0 Å². The van der Waals surface area contributed by atoms with Gasteiger partial charge in [0.25, 0.3) is 0 Å². The van der Waals surface area contributed by atoms with E-state index >= 15 is 0 Å². The summed E-state index contributed by atoms with van der Waals surface area (Å²) in [6.07, 6.45) is 0. The predicted octanol–water partition coefficient (Wildman–Crippen LogP) is 4.04. The first-order chi connectivity index (χ1) is 10.5. The lowest BCUT2D eigenvalue weighted by atomic mass is 10.2. The normalized spacial score (nSPS) is 10.2. The SMILES string of the molecule is Cc1cc(Cl)ccc1NC(=O)NCc1ccc(N(C)C)cc1. The molecule has 0 saturated heterocycles. The topological polar surface area (TPSA) is 44.4 Å². The Morgan fingerprint density at radius 2 is 1.82 bits per heavy atom. The first kappa shape index (κ1) is 16.2. The lowest BCUT2D eigenvalue weighted by Gasteiger charge is -2.13. The molecular weight excluding hydrogens is 298 g/mol. The van der Waals surface area contributed by atoms with Crippen LogP contribution in [0.3, 0.4) is 0 Å². The van der Waals surface area contributed by atoms with Crippen molar-refractivity contribution in [1.82, 2.24) is 5.32 Å². The number of nitrogens with one attached hydrogen (secondary N) is 2. The van der Waals surface area contributed by atoms with E-state index in [0.29, 0.717) is 11.6 Å². The molecule has 2 aromatic carbocycles. The molecule has 0 radical (unpaired) electrons. The molecule has 0 heterocycles. The third-order valence-electron chi connectivity index (χ3n) is 3.34. The molecule has 0 aliphatic carbocycles. The maximum Gasteiger partial charge on any atom is 0.319 e. The Balaban J connectivity index is 1.89. The van der Waals surface area contributed by atoms with Gasteiger partial charge in [0.2, 0.25) is 0 Å². The van der Waals surface area contributed by atoms with Crippen LogP contribution < -0.4 is 15.5 Å². The fraction of sp³-hybridized carbons (Fsp3) is 0.235. The van der Waals surface area contributed by atoms with Gasteiger partial charge in [0.05, 0.1) is 0 Å². The van der Waals surface area contributed by atoms with Crippen LogP contribution in [-0.2, 0) is 6.54 Å². The molecule has 0 atom stereocenters. The van der Waals surface area contributed by atoms with Crippen LogP contribution in [-0.4, -0.2) is 20.1 Å². The van der Waals surface area contributed by atoms with E-state index in [-0.39, 0.29) is 6.03 Å². The Morgan fingerprint density at radius 3 is 2.41 bits per heavy atom. The van der Waals surface area contributed by atoms with Crippen molar-refractivity contribution in [1.29, 1.82) is 0 Å². The van der Waals surface area contributed by atoms with Crippen LogP contribution in [0.1, 0.15) is 11.1 Å². The minimum Gasteiger partial charge on any atom is -0.378 e. The van der Waals surface area contributed by atoms with E-state index in [2.05, 4.69) is 10.6 Å². The number of amides is 2. The van der Waals surface area contributed by atoms with Crippen LogP contribution in [0.2, 0.25) is 5.02 Å². The lowest BCUT2D eigenvalue weighted by Crippen LogP contribution is -2.28. The number of halogens is 1. The number of hydrogen-bond acceptors (Lipinski definition) is 2. The van der Waals surface area contributed by atoms with E-state index < -0.39 is 0 Å². The van der Waals surface area contributed by atoms with Gasteiger partial charge in [-0.15, -0.1) is 0 Å². The van der Waals surface area contributed by atoms with Crippen molar-refractivity contribution in [2.45, 2.75) is 13.5 Å². The highest BCUT2D eigenvalue weighted by atomic mass is 35.5. The average molecular weight is 318 g/mol. The second-order valence-electron chi connectivity index (χ2n) is 5.33. The van der Waals surface area contributed by atoms with Gasteiger partial charge in [-0.2, -0.15) is 0 Å². The maximum absolute atomic E-state index is 11.9. The Bertz CT molecular complexity index is 653. The molecule has 2 aromatic rings. The third kappa shape index (κ3) is 4.40. The Labute approximate surface area is 136 Å².